The van der Waals surface area contributed by atoms with Crippen molar-refractivity contribution in [1.29, 1.82) is 0 Å². The number of halogens is 2. The fraction of sp³-hybridized carbons (Fsp3) is 0.500. The number of aliphatic hydroxyl groups is 1. The van der Waals surface area contributed by atoms with Crippen LogP contribution in [0.5, 0.6) is 0 Å². The maximum Gasteiger partial charge on any atom is 0.354 e. The Balaban J connectivity index is 2.63. The number of anilines is 1. The average Bonchev–Trinajstić information content (AvgIpc) is 2.39. The molecule has 15 heavy (non-hydrogen) atoms. The third-order valence-corrected chi connectivity index (χ3v) is 2.42. The zero-order chi connectivity index (χ0) is 11.4. The quantitative estimate of drug-likeness (QED) is 0.658. The minimum absolute atomic E-state index is 0.0258. The predicted molar refractivity (Wildman–Crippen MR) is 46.5 cm³/mol. The molecule has 1 aliphatic heterocycles. The van der Waals surface area contributed by atoms with E-state index in [1.807, 2.05) is 5.32 Å². The normalized spacial score (nSPS) is 23.5. The molecule has 0 aromatic carbocycles. The highest BCUT2D eigenvalue weighted by molar-refractivity contribution is 5.99. The van der Waals surface area contributed by atoms with Gasteiger partial charge in [0.1, 0.15) is 5.82 Å². The molecule has 0 fully saturated rings. The second-order valence-corrected chi connectivity index (χ2v) is 3.45. The Morgan fingerprint density at radius 2 is 2.20 bits per heavy atom. The van der Waals surface area contributed by atoms with Gasteiger partial charge in [-0.1, -0.05) is 0 Å². The summed E-state index contributed by atoms with van der Waals surface area (Å²) in [5, 5.41) is 15.3. The number of fused-ring (bicyclic) bond motifs is 1. The summed E-state index contributed by atoms with van der Waals surface area (Å²) in [6, 6.07) is 0. The second-order valence-electron chi connectivity index (χ2n) is 3.45. The summed E-state index contributed by atoms with van der Waals surface area (Å²) < 4.78 is 27.6. The molecule has 2 heterocycles. The van der Waals surface area contributed by atoms with E-state index in [-0.39, 0.29) is 17.1 Å². The lowest BCUT2D eigenvalue weighted by atomic mass is 9.99. The lowest BCUT2D eigenvalue weighted by Crippen LogP contribution is -2.44. The van der Waals surface area contributed by atoms with E-state index in [0.717, 1.165) is 0 Å². The summed E-state index contributed by atoms with van der Waals surface area (Å²) in [4.78, 5) is 11.0. The first-order chi connectivity index (χ1) is 6.85. The number of amides is 1. The number of carbonyl (C=O) groups excluding carboxylic acids is 1. The fourth-order valence-corrected chi connectivity index (χ4v) is 1.65. The highest BCUT2D eigenvalue weighted by Crippen LogP contribution is 2.41. The van der Waals surface area contributed by atoms with Gasteiger partial charge in [-0.3, -0.25) is 9.48 Å². The zero-order valence-corrected chi connectivity index (χ0v) is 8.08. The summed E-state index contributed by atoms with van der Waals surface area (Å²) in [6.45, 7) is 1.50. The Morgan fingerprint density at radius 1 is 1.60 bits per heavy atom. The molecule has 1 aromatic heterocycles. The first-order valence-corrected chi connectivity index (χ1v) is 4.26. The molecule has 0 saturated heterocycles. The van der Waals surface area contributed by atoms with Crippen LogP contribution in [0.1, 0.15) is 17.4 Å². The molecule has 1 amide bonds. The molecule has 2 rings (SSSR count). The summed E-state index contributed by atoms with van der Waals surface area (Å²) >= 11 is 0. The van der Waals surface area contributed by atoms with Crippen LogP contribution >= 0.6 is 0 Å². The molecule has 0 aliphatic carbocycles. The molecule has 7 heteroatoms. The van der Waals surface area contributed by atoms with Gasteiger partial charge in [0.15, 0.2) is 6.10 Å². The number of hydrogen-bond donors (Lipinski definition) is 2. The van der Waals surface area contributed by atoms with Gasteiger partial charge < -0.3 is 10.4 Å². The third-order valence-electron chi connectivity index (χ3n) is 2.42. The zero-order valence-electron chi connectivity index (χ0n) is 8.08. The van der Waals surface area contributed by atoms with Crippen molar-refractivity contribution in [2.45, 2.75) is 19.0 Å². The number of carbonyl (C=O) groups is 1. The van der Waals surface area contributed by atoms with Crippen LogP contribution < -0.4 is 5.32 Å². The van der Waals surface area contributed by atoms with E-state index in [1.165, 1.54) is 18.7 Å². The highest BCUT2D eigenvalue weighted by atomic mass is 19.3. The predicted octanol–water partition coefficient (Wildman–Crippen LogP) is 0.349. The third kappa shape index (κ3) is 1.16. The number of hydrogen-bond acceptors (Lipinski definition) is 3. The van der Waals surface area contributed by atoms with Crippen LogP contribution in [0.25, 0.3) is 0 Å². The van der Waals surface area contributed by atoms with Crippen molar-refractivity contribution in [2.24, 2.45) is 7.05 Å². The number of rotatable bonds is 0. The van der Waals surface area contributed by atoms with E-state index in [2.05, 4.69) is 5.10 Å². The molecule has 1 aliphatic rings. The summed E-state index contributed by atoms with van der Waals surface area (Å²) in [5.74, 6) is -5.19. The van der Waals surface area contributed by atoms with Gasteiger partial charge in [-0.2, -0.15) is 13.9 Å². The molecule has 2 N–H and O–H groups in total. The maximum atomic E-state index is 13.2. The first kappa shape index (κ1) is 10.0. The molecule has 82 valence electrons. The Hall–Kier alpha value is -1.50. The van der Waals surface area contributed by atoms with E-state index in [1.54, 1.807) is 0 Å². The number of aromatic nitrogens is 2. The van der Waals surface area contributed by atoms with Crippen LogP contribution in [-0.4, -0.2) is 26.7 Å². The average molecular weight is 217 g/mol. The number of alkyl halides is 2. The lowest BCUT2D eigenvalue weighted by Gasteiger charge is -2.27. The monoisotopic (exact) mass is 217 g/mol. The molecule has 0 saturated carbocycles. The number of nitrogens with one attached hydrogen (secondary N) is 1. The van der Waals surface area contributed by atoms with Crippen molar-refractivity contribution in [3.8, 4) is 0 Å². The second kappa shape index (κ2) is 2.75. The van der Waals surface area contributed by atoms with E-state index in [9.17, 15) is 18.7 Å². The fourth-order valence-electron chi connectivity index (χ4n) is 1.65. The van der Waals surface area contributed by atoms with E-state index in [4.69, 9.17) is 0 Å². The van der Waals surface area contributed by atoms with Gasteiger partial charge in [0.25, 0.3) is 5.91 Å². The Morgan fingerprint density at radius 3 is 2.80 bits per heavy atom. The van der Waals surface area contributed by atoms with Crippen molar-refractivity contribution < 1.29 is 18.7 Å². The molecular formula is C8H9F2N3O2. The first-order valence-electron chi connectivity index (χ1n) is 4.26. The smallest absolute Gasteiger partial charge is 0.354 e. The molecule has 0 spiro atoms. The van der Waals surface area contributed by atoms with E-state index < -0.39 is 17.9 Å². The van der Waals surface area contributed by atoms with Crippen LogP contribution in [0.3, 0.4) is 0 Å². The summed E-state index contributed by atoms with van der Waals surface area (Å²) in [6.07, 6.45) is -2.13. The highest BCUT2D eigenvalue weighted by Gasteiger charge is 2.53. The molecule has 5 nitrogen and oxygen atoms in total. The minimum Gasteiger partial charge on any atom is -0.381 e. The topological polar surface area (TPSA) is 67.1 Å². The Bertz CT molecular complexity index is 441. The van der Waals surface area contributed by atoms with Gasteiger partial charge >= 0.3 is 5.92 Å². The van der Waals surface area contributed by atoms with Crippen LogP contribution in [0, 0.1) is 6.92 Å². The van der Waals surface area contributed by atoms with Crippen molar-refractivity contribution in [1.82, 2.24) is 9.78 Å². The van der Waals surface area contributed by atoms with Crippen LogP contribution in [0.2, 0.25) is 0 Å². The molecule has 1 atom stereocenters. The van der Waals surface area contributed by atoms with Gasteiger partial charge in [0.2, 0.25) is 0 Å². The number of nitrogens with zero attached hydrogens (tertiary/aromatic N) is 2. The SMILES string of the molecule is Cc1nn(C)c2c1[C@H](O)C(F)(F)C(=O)N2. The van der Waals surface area contributed by atoms with Crippen molar-refractivity contribution in [3.05, 3.63) is 11.3 Å². The largest absolute Gasteiger partial charge is 0.381 e. The van der Waals surface area contributed by atoms with Gasteiger partial charge in [0.05, 0.1) is 11.3 Å². The molecule has 0 bridgehead atoms. The van der Waals surface area contributed by atoms with Crippen LogP contribution in [-0.2, 0) is 11.8 Å². The lowest BCUT2D eigenvalue weighted by molar-refractivity contribution is -0.160. The molecule has 0 unspecified atom stereocenters. The van der Waals surface area contributed by atoms with E-state index in [0.29, 0.717) is 0 Å². The van der Waals surface area contributed by atoms with Crippen molar-refractivity contribution in [2.75, 3.05) is 5.32 Å². The minimum atomic E-state index is -3.80. The standard InChI is InChI=1S/C8H9F2N3O2/c1-3-4-5(14)8(9,10)7(15)11-6(4)13(2)12-3/h5,14H,1-2H3,(H,11,15)/t5-/m0/s1. The van der Waals surface area contributed by atoms with Gasteiger partial charge in [-0.25, -0.2) is 0 Å². The van der Waals surface area contributed by atoms with Gasteiger partial charge in [0, 0.05) is 7.05 Å². The van der Waals surface area contributed by atoms with Crippen molar-refractivity contribution in [3.63, 3.8) is 0 Å². The molecule has 0 radical (unpaired) electrons. The summed E-state index contributed by atoms with van der Waals surface area (Å²) in [7, 11) is 1.50. The van der Waals surface area contributed by atoms with Crippen LogP contribution in [0.15, 0.2) is 0 Å². The molecular weight excluding hydrogens is 208 g/mol. The maximum absolute atomic E-state index is 13.2. The Kier molecular flexibility index (Phi) is 1.84. The van der Waals surface area contributed by atoms with E-state index >= 15 is 0 Å². The van der Waals surface area contributed by atoms with Gasteiger partial charge in [-0.15, -0.1) is 0 Å². The molecule has 1 aromatic rings. The van der Waals surface area contributed by atoms with Crippen molar-refractivity contribution >= 4 is 11.7 Å². The van der Waals surface area contributed by atoms with Crippen LogP contribution in [0.4, 0.5) is 14.6 Å². The Labute approximate surface area is 83.7 Å². The number of aryl methyl sites for hydroxylation is 2. The number of aliphatic hydroxyl groups excluding tert-OH is 1. The summed E-state index contributed by atoms with van der Waals surface area (Å²) in [5.41, 5.74) is 0.252. The van der Waals surface area contributed by atoms with Gasteiger partial charge in [-0.05, 0) is 6.92 Å².